The maximum Gasteiger partial charge on any atom is 0.325 e. The molecule has 2 aromatic rings. The van der Waals surface area contributed by atoms with Crippen molar-refractivity contribution in [2.75, 3.05) is 26.9 Å². The fraction of sp³-hybridized carbons (Fsp3) is 0.581. The summed E-state index contributed by atoms with van der Waals surface area (Å²) in [6, 6.07) is 5.74. The molecule has 1 aromatic heterocycles. The largest absolute Gasteiger partial charge is 0.461 e. The highest BCUT2D eigenvalue weighted by molar-refractivity contribution is 5.96. The first kappa shape index (κ1) is 29.2. The number of carbonyl (C=O) groups is 2. The highest BCUT2D eigenvalue weighted by Gasteiger charge is 2.26. The van der Waals surface area contributed by atoms with Crippen molar-refractivity contribution in [3.05, 3.63) is 47.3 Å². The van der Waals surface area contributed by atoms with Gasteiger partial charge in [-0.05, 0) is 94.6 Å². The molecule has 1 N–H and O–H groups in total. The second kappa shape index (κ2) is 14.0. The summed E-state index contributed by atoms with van der Waals surface area (Å²) in [5.74, 6) is 1.17. The highest BCUT2D eigenvalue weighted by Crippen LogP contribution is 2.28. The van der Waals surface area contributed by atoms with Crippen molar-refractivity contribution in [2.45, 2.75) is 84.5 Å². The van der Waals surface area contributed by atoms with Crippen molar-refractivity contribution in [2.24, 2.45) is 5.92 Å². The van der Waals surface area contributed by atoms with Crippen LogP contribution < -0.4 is 5.32 Å². The molecule has 1 saturated heterocycles. The number of esters is 1. The van der Waals surface area contributed by atoms with Gasteiger partial charge in [0.15, 0.2) is 5.78 Å². The van der Waals surface area contributed by atoms with Crippen LogP contribution in [0.15, 0.2) is 35.9 Å². The van der Waals surface area contributed by atoms with Crippen molar-refractivity contribution in [1.29, 1.82) is 0 Å². The molecule has 0 spiro atoms. The Bertz CT molecular complexity index is 1200. The molecule has 2 fully saturated rings. The Morgan fingerprint density at radius 3 is 2.59 bits per heavy atom. The Hall–Kier alpha value is -2.81. The van der Waals surface area contributed by atoms with E-state index in [1.54, 1.807) is 14.0 Å². The van der Waals surface area contributed by atoms with Gasteiger partial charge in [0, 0.05) is 39.0 Å². The molecule has 1 aliphatic carbocycles. The average Bonchev–Trinajstić information content (AvgIpc) is 3.57. The number of fused-ring (bicyclic) bond motifs is 1. The van der Waals surface area contributed by atoms with Crippen LogP contribution in [0.3, 0.4) is 0 Å². The number of allylic oxidation sites excluding steroid dienone is 4. The summed E-state index contributed by atoms with van der Waals surface area (Å²) < 4.78 is 18.9. The van der Waals surface area contributed by atoms with Gasteiger partial charge in [-0.15, -0.1) is 0 Å². The number of Topliss-reactive ketones (excluding diaryl/α,β-unsaturated/α-hetero) is 1. The summed E-state index contributed by atoms with van der Waals surface area (Å²) in [7, 11) is 1.59. The molecule has 8 nitrogen and oxygen atoms in total. The minimum absolute atomic E-state index is 0.0228. The van der Waals surface area contributed by atoms with Crippen molar-refractivity contribution in [3.8, 4) is 0 Å². The minimum Gasteiger partial charge on any atom is -0.461 e. The topological polar surface area (TPSA) is 91.7 Å². The molecule has 1 unspecified atom stereocenters. The van der Waals surface area contributed by atoms with Gasteiger partial charge in [-0.25, -0.2) is 4.98 Å². The number of benzene rings is 1. The fourth-order valence-electron chi connectivity index (χ4n) is 5.36. The van der Waals surface area contributed by atoms with E-state index in [9.17, 15) is 9.59 Å². The number of nitrogens with one attached hydrogen (secondary N) is 1. The average molecular weight is 538 g/mol. The summed E-state index contributed by atoms with van der Waals surface area (Å²) in [5, 5.41) is 3.33. The number of rotatable bonds is 12. The zero-order chi connectivity index (χ0) is 27.8. The zero-order valence-electron chi connectivity index (χ0n) is 23.8. The van der Waals surface area contributed by atoms with Gasteiger partial charge in [-0.3, -0.25) is 14.9 Å². The van der Waals surface area contributed by atoms with Crippen LogP contribution in [-0.2, 0) is 36.9 Å². The molecule has 8 heteroatoms. The summed E-state index contributed by atoms with van der Waals surface area (Å²) in [5.41, 5.74) is 4.60. The molecular weight excluding hydrogens is 494 g/mol. The lowest BCUT2D eigenvalue weighted by molar-refractivity contribution is -0.152. The second-order valence-electron chi connectivity index (χ2n) is 10.8. The lowest BCUT2D eigenvalue weighted by Crippen LogP contribution is -2.42. The predicted molar refractivity (Wildman–Crippen MR) is 152 cm³/mol. The van der Waals surface area contributed by atoms with Crippen LogP contribution in [0.2, 0.25) is 0 Å². The standard InChI is InChI=1S/C31H43N3O5/c1-5-25(16-21(2)22(3)35)30-33-27-17-24(10-11-29(27)34(30)19-23-12-14-38-15-13-23)18-32-28(20-37-4)31(36)39-26-8-6-7-9-26/h5,10-11,16-17,23,26,28,32H,6-9,12-15,18-20H2,1-4H3/b21-16-,25-5+. The number of ketones is 1. The Morgan fingerprint density at radius 2 is 1.92 bits per heavy atom. The molecule has 2 heterocycles. The van der Waals surface area contributed by atoms with Crippen LogP contribution in [0.4, 0.5) is 0 Å². The Labute approximate surface area is 231 Å². The van der Waals surface area contributed by atoms with E-state index in [1.807, 2.05) is 26.0 Å². The third kappa shape index (κ3) is 7.65. The van der Waals surface area contributed by atoms with E-state index in [-0.39, 0.29) is 24.5 Å². The smallest absolute Gasteiger partial charge is 0.325 e. The van der Waals surface area contributed by atoms with Crippen LogP contribution in [0.1, 0.15) is 70.7 Å². The fourth-order valence-corrected chi connectivity index (χ4v) is 5.36. The Kier molecular flexibility index (Phi) is 10.5. The first-order valence-corrected chi connectivity index (χ1v) is 14.2. The maximum atomic E-state index is 12.8. The predicted octanol–water partition coefficient (Wildman–Crippen LogP) is 4.99. The number of hydrogen-bond donors (Lipinski definition) is 1. The molecular formula is C31H43N3O5. The van der Waals surface area contributed by atoms with Crippen LogP contribution in [-0.4, -0.2) is 60.4 Å². The van der Waals surface area contributed by atoms with Gasteiger partial charge in [-0.2, -0.15) is 0 Å². The summed E-state index contributed by atoms with van der Waals surface area (Å²) in [6.45, 7) is 8.57. The number of carbonyl (C=O) groups excluding carboxylic acids is 2. The molecule has 1 saturated carbocycles. The molecule has 0 bridgehead atoms. The second-order valence-corrected chi connectivity index (χ2v) is 10.8. The van der Waals surface area contributed by atoms with Crippen LogP contribution >= 0.6 is 0 Å². The molecule has 212 valence electrons. The van der Waals surface area contributed by atoms with Gasteiger partial charge >= 0.3 is 5.97 Å². The van der Waals surface area contributed by atoms with E-state index in [4.69, 9.17) is 19.2 Å². The molecule has 1 aliphatic heterocycles. The summed E-state index contributed by atoms with van der Waals surface area (Å²) >= 11 is 0. The third-order valence-corrected chi connectivity index (χ3v) is 7.85. The van der Waals surface area contributed by atoms with Crippen LogP contribution in [0.5, 0.6) is 0 Å². The van der Waals surface area contributed by atoms with E-state index in [1.165, 1.54) is 0 Å². The molecule has 1 aromatic carbocycles. The number of ether oxygens (including phenoxy) is 3. The maximum absolute atomic E-state index is 12.8. The van der Waals surface area contributed by atoms with E-state index in [2.05, 4.69) is 28.1 Å². The van der Waals surface area contributed by atoms with Gasteiger partial charge < -0.3 is 18.8 Å². The van der Waals surface area contributed by atoms with Crippen molar-refractivity contribution in [1.82, 2.24) is 14.9 Å². The quantitative estimate of drug-likeness (QED) is 0.232. The van der Waals surface area contributed by atoms with Crippen LogP contribution in [0.25, 0.3) is 16.6 Å². The van der Waals surface area contributed by atoms with E-state index in [0.29, 0.717) is 18.0 Å². The Balaban J connectivity index is 1.58. The van der Waals surface area contributed by atoms with E-state index < -0.39 is 6.04 Å². The number of aromatic nitrogens is 2. The highest BCUT2D eigenvalue weighted by atomic mass is 16.5. The minimum atomic E-state index is -0.526. The molecule has 1 atom stereocenters. The van der Waals surface area contributed by atoms with Crippen LogP contribution in [0, 0.1) is 5.92 Å². The first-order valence-electron chi connectivity index (χ1n) is 14.2. The van der Waals surface area contributed by atoms with Gasteiger partial charge in [0.1, 0.15) is 18.0 Å². The van der Waals surface area contributed by atoms with E-state index in [0.717, 1.165) is 86.3 Å². The van der Waals surface area contributed by atoms with Gasteiger partial charge in [0.25, 0.3) is 0 Å². The SMILES string of the molecule is C/C=C(\C=C(\C)C(C)=O)c1nc2cc(CNC(COC)C(=O)OC3CCCC3)ccc2n1CC1CCOCC1. The van der Waals surface area contributed by atoms with Gasteiger partial charge in [0.2, 0.25) is 0 Å². The number of imidazole rings is 1. The summed E-state index contributed by atoms with van der Waals surface area (Å²) in [6.07, 6.45) is 10.1. The normalized spacial score (nSPS) is 18.6. The van der Waals surface area contributed by atoms with E-state index >= 15 is 0 Å². The van der Waals surface area contributed by atoms with Crippen molar-refractivity contribution < 1.29 is 23.8 Å². The molecule has 0 amide bonds. The van der Waals surface area contributed by atoms with Crippen molar-refractivity contribution >= 4 is 28.4 Å². The monoisotopic (exact) mass is 537 g/mol. The zero-order valence-corrected chi connectivity index (χ0v) is 23.8. The lowest BCUT2D eigenvalue weighted by atomic mass is 10.00. The number of hydrogen-bond acceptors (Lipinski definition) is 7. The van der Waals surface area contributed by atoms with Gasteiger partial charge in [-0.1, -0.05) is 12.1 Å². The molecule has 2 aliphatic rings. The van der Waals surface area contributed by atoms with Gasteiger partial charge in [0.05, 0.1) is 17.6 Å². The third-order valence-electron chi connectivity index (χ3n) is 7.85. The first-order chi connectivity index (χ1) is 18.9. The number of methoxy groups -OCH3 is 1. The lowest BCUT2D eigenvalue weighted by Gasteiger charge is -2.23. The Morgan fingerprint density at radius 1 is 1.18 bits per heavy atom. The summed E-state index contributed by atoms with van der Waals surface area (Å²) in [4.78, 5) is 29.8. The molecule has 0 radical (unpaired) electrons. The van der Waals surface area contributed by atoms with Crippen molar-refractivity contribution in [3.63, 3.8) is 0 Å². The number of nitrogens with zero attached hydrogens (tertiary/aromatic N) is 2. The molecule has 4 rings (SSSR count). The molecule has 39 heavy (non-hydrogen) atoms.